The van der Waals surface area contributed by atoms with Crippen LogP contribution in [0.2, 0.25) is 0 Å². The zero-order valence-electron chi connectivity index (χ0n) is 7.30. The van der Waals surface area contributed by atoms with E-state index >= 15 is 0 Å². The summed E-state index contributed by atoms with van der Waals surface area (Å²) in [5.41, 5.74) is 0.501. The fourth-order valence-corrected chi connectivity index (χ4v) is 1.29. The maximum atomic E-state index is 11.5. The fraction of sp³-hybridized carbons (Fsp3) is 0.429. The minimum Gasteiger partial charge on any atom is -0.480 e. The van der Waals surface area contributed by atoms with Gasteiger partial charge in [0.2, 0.25) is 0 Å². The second-order valence-electron chi connectivity index (χ2n) is 3.01. The Morgan fingerprint density at radius 2 is 2.36 bits per heavy atom. The van der Waals surface area contributed by atoms with E-state index in [1.54, 1.807) is 0 Å². The molecule has 7 nitrogen and oxygen atoms in total. The number of nitrogens with zero attached hydrogens (tertiary/aromatic N) is 3. The molecule has 1 aromatic rings. The molecule has 0 aromatic carbocycles. The van der Waals surface area contributed by atoms with Crippen molar-refractivity contribution < 1.29 is 19.3 Å². The van der Waals surface area contributed by atoms with E-state index in [4.69, 9.17) is 5.11 Å². The lowest BCUT2D eigenvalue weighted by Crippen LogP contribution is -2.39. The Morgan fingerprint density at radius 3 is 2.93 bits per heavy atom. The Hall–Kier alpha value is -1.92. The van der Waals surface area contributed by atoms with Crippen LogP contribution in [0, 0.1) is 0 Å². The first-order valence-electron chi connectivity index (χ1n) is 3.96. The lowest BCUT2D eigenvalue weighted by Gasteiger charge is -2.19. The number of hydrogen-bond donors (Lipinski definition) is 1. The van der Waals surface area contributed by atoms with Gasteiger partial charge >= 0.3 is 5.97 Å². The normalized spacial score (nSPS) is 16.9. The molecule has 1 aliphatic heterocycles. The molecule has 1 atom stereocenters. The van der Waals surface area contributed by atoms with Crippen LogP contribution >= 0.6 is 0 Å². The van der Waals surface area contributed by atoms with Crippen LogP contribution in [0.15, 0.2) is 4.63 Å². The predicted molar refractivity (Wildman–Crippen MR) is 41.3 cm³/mol. The number of carboxylic acids is 1. The first-order chi connectivity index (χ1) is 6.61. The van der Waals surface area contributed by atoms with Crippen molar-refractivity contribution in [2.24, 2.45) is 0 Å². The van der Waals surface area contributed by atoms with Crippen LogP contribution in [0.3, 0.4) is 0 Å². The Balaban J connectivity index is 2.26. The van der Waals surface area contributed by atoms with Gasteiger partial charge in [0.15, 0.2) is 5.69 Å². The van der Waals surface area contributed by atoms with Crippen molar-refractivity contribution in [3.05, 3.63) is 11.4 Å². The van der Waals surface area contributed by atoms with E-state index in [-0.39, 0.29) is 12.2 Å². The Morgan fingerprint density at radius 1 is 1.64 bits per heavy atom. The highest BCUT2D eigenvalue weighted by Gasteiger charge is 2.37. The molecule has 0 unspecified atom stereocenters. The second kappa shape index (κ2) is 2.79. The molecule has 0 aliphatic carbocycles. The third-order valence-electron chi connectivity index (χ3n) is 2.16. The van der Waals surface area contributed by atoms with Gasteiger partial charge in [-0.15, -0.1) is 0 Å². The third kappa shape index (κ3) is 1.05. The summed E-state index contributed by atoms with van der Waals surface area (Å²) in [5, 5.41) is 15.6. The Labute approximate surface area is 78.3 Å². The van der Waals surface area contributed by atoms with Crippen LogP contribution in [0.25, 0.3) is 0 Å². The molecular formula is C7H7N3O4. The van der Waals surface area contributed by atoms with Crippen LogP contribution in [-0.2, 0) is 11.3 Å². The second-order valence-corrected chi connectivity index (χ2v) is 3.01. The molecule has 14 heavy (non-hydrogen) atoms. The minimum absolute atomic E-state index is 0.109. The topological polar surface area (TPSA) is 96.5 Å². The average molecular weight is 197 g/mol. The summed E-state index contributed by atoms with van der Waals surface area (Å²) in [6.45, 7) is 1.58. The first-order valence-corrected chi connectivity index (χ1v) is 3.96. The molecule has 1 aromatic heterocycles. The lowest BCUT2D eigenvalue weighted by molar-refractivity contribution is -0.141. The number of rotatable bonds is 2. The van der Waals surface area contributed by atoms with Gasteiger partial charge in [-0.25, -0.2) is 9.42 Å². The van der Waals surface area contributed by atoms with E-state index in [0.717, 1.165) is 0 Å². The van der Waals surface area contributed by atoms with E-state index < -0.39 is 17.9 Å². The molecule has 2 heterocycles. The molecule has 0 saturated carbocycles. The number of amides is 1. The number of aliphatic carboxylic acids is 1. The summed E-state index contributed by atoms with van der Waals surface area (Å²) in [6.07, 6.45) is 0. The first kappa shape index (κ1) is 8.67. The summed E-state index contributed by atoms with van der Waals surface area (Å²) >= 11 is 0. The number of carbonyl (C=O) groups excluding carboxylic acids is 1. The number of carbonyl (C=O) groups is 2. The zero-order chi connectivity index (χ0) is 10.3. The molecule has 74 valence electrons. The quantitative estimate of drug-likeness (QED) is 0.686. The average Bonchev–Trinajstić information content (AvgIpc) is 2.68. The third-order valence-corrected chi connectivity index (χ3v) is 2.16. The molecule has 0 radical (unpaired) electrons. The summed E-state index contributed by atoms with van der Waals surface area (Å²) in [5.74, 6) is -1.50. The smallest absolute Gasteiger partial charge is 0.326 e. The van der Waals surface area contributed by atoms with Crippen molar-refractivity contribution in [3.63, 3.8) is 0 Å². The number of hydrogen-bond acceptors (Lipinski definition) is 5. The van der Waals surface area contributed by atoms with E-state index in [0.29, 0.717) is 5.69 Å². The number of aromatic nitrogens is 2. The summed E-state index contributed by atoms with van der Waals surface area (Å²) in [6, 6.07) is -0.876. The summed E-state index contributed by atoms with van der Waals surface area (Å²) in [7, 11) is 0. The molecule has 0 fully saturated rings. The molecule has 0 spiro atoms. The minimum atomic E-state index is -1.06. The number of carboxylic acid groups (broad SMARTS) is 1. The standard InChI is InChI=1S/C7H7N3O4/c1-3(7(12)13)10-2-4-5(6(10)11)9-14-8-4/h3H,2H2,1H3,(H,12,13)/t3-/m0/s1. The van der Waals surface area contributed by atoms with E-state index in [1.807, 2.05) is 0 Å². The van der Waals surface area contributed by atoms with Crippen molar-refractivity contribution >= 4 is 11.9 Å². The van der Waals surface area contributed by atoms with Crippen LogP contribution < -0.4 is 0 Å². The van der Waals surface area contributed by atoms with Crippen molar-refractivity contribution in [3.8, 4) is 0 Å². The molecule has 0 saturated heterocycles. The summed E-state index contributed by atoms with van der Waals surface area (Å²) in [4.78, 5) is 23.3. The number of fused-ring (bicyclic) bond motifs is 1. The van der Waals surface area contributed by atoms with Gasteiger partial charge in [0.25, 0.3) is 5.91 Å². The van der Waals surface area contributed by atoms with Gasteiger partial charge in [-0.05, 0) is 12.1 Å². The van der Waals surface area contributed by atoms with Crippen molar-refractivity contribution in [1.29, 1.82) is 0 Å². The largest absolute Gasteiger partial charge is 0.480 e. The predicted octanol–water partition coefficient (Wildman–Crippen LogP) is -0.502. The molecule has 1 aliphatic rings. The fourth-order valence-electron chi connectivity index (χ4n) is 1.29. The van der Waals surface area contributed by atoms with Crippen LogP contribution in [0.4, 0.5) is 0 Å². The van der Waals surface area contributed by atoms with Crippen LogP contribution in [0.1, 0.15) is 23.1 Å². The van der Waals surface area contributed by atoms with Gasteiger partial charge in [0.05, 0.1) is 6.54 Å². The van der Waals surface area contributed by atoms with Gasteiger partial charge in [0, 0.05) is 0 Å². The molecule has 2 rings (SSSR count). The lowest BCUT2D eigenvalue weighted by atomic mass is 10.3. The van der Waals surface area contributed by atoms with E-state index in [9.17, 15) is 9.59 Å². The molecule has 1 amide bonds. The highest BCUT2D eigenvalue weighted by atomic mass is 16.6. The highest BCUT2D eigenvalue weighted by Crippen LogP contribution is 2.20. The summed E-state index contributed by atoms with van der Waals surface area (Å²) < 4.78 is 4.35. The van der Waals surface area contributed by atoms with Gasteiger partial charge in [0.1, 0.15) is 11.7 Å². The van der Waals surface area contributed by atoms with Gasteiger partial charge in [-0.2, -0.15) is 0 Å². The molecular weight excluding hydrogens is 190 g/mol. The Kier molecular flexibility index (Phi) is 1.73. The van der Waals surface area contributed by atoms with Crippen LogP contribution in [-0.4, -0.2) is 38.2 Å². The SMILES string of the molecule is C[C@@H](C(=O)O)N1Cc2nonc2C1=O. The highest BCUT2D eigenvalue weighted by molar-refractivity contribution is 5.97. The Bertz CT molecular complexity index is 399. The van der Waals surface area contributed by atoms with Gasteiger partial charge in [-0.1, -0.05) is 5.16 Å². The van der Waals surface area contributed by atoms with Gasteiger partial charge < -0.3 is 10.0 Å². The zero-order valence-corrected chi connectivity index (χ0v) is 7.30. The monoisotopic (exact) mass is 197 g/mol. The van der Waals surface area contributed by atoms with Gasteiger partial charge in [-0.3, -0.25) is 4.79 Å². The van der Waals surface area contributed by atoms with Crippen molar-refractivity contribution in [2.45, 2.75) is 19.5 Å². The van der Waals surface area contributed by atoms with Crippen LogP contribution in [0.5, 0.6) is 0 Å². The van der Waals surface area contributed by atoms with E-state index in [1.165, 1.54) is 11.8 Å². The van der Waals surface area contributed by atoms with E-state index in [2.05, 4.69) is 14.9 Å². The molecule has 1 N–H and O–H groups in total. The van der Waals surface area contributed by atoms with Crippen molar-refractivity contribution in [2.75, 3.05) is 0 Å². The van der Waals surface area contributed by atoms with Crippen molar-refractivity contribution in [1.82, 2.24) is 15.2 Å². The maximum absolute atomic E-state index is 11.5. The maximum Gasteiger partial charge on any atom is 0.326 e. The molecule has 7 heteroatoms. The molecule has 0 bridgehead atoms.